The van der Waals surface area contributed by atoms with Crippen molar-refractivity contribution in [3.8, 4) is 35.3 Å². The number of anilines is 3. The predicted molar refractivity (Wildman–Crippen MR) is 210 cm³/mol. The van der Waals surface area contributed by atoms with Crippen molar-refractivity contribution in [3.05, 3.63) is 157 Å². The first kappa shape index (κ1) is 31.4. The van der Waals surface area contributed by atoms with Crippen LogP contribution < -0.4 is 14.4 Å². The molecular weight excluding hydrogens is 657 g/mol. The van der Waals surface area contributed by atoms with Gasteiger partial charge in [-0.05, 0) is 97.1 Å². The van der Waals surface area contributed by atoms with Crippen molar-refractivity contribution in [2.24, 2.45) is 0 Å². The largest absolute Gasteiger partial charge is 0.497 e. The number of benzene rings is 6. The van der Waals surface area contributed by atoms with Gasteiger partial charge in [0.05, 0.1) is 65.2 Å². The Bertz CT molecular complexity index is 2770. The Kier molecular flexibility index (Phi) is 7.50. The molecule has 0 aliphatic heterocycles. The molecule has 3 aromatic heterocycles. The van der Waals surface area contributed by atoms with Crippen molar-refractivity contribution in [2.45, 2.75) is 0 Å². The molecule has 0 amide bonds. The molecule has 0 bridgehead atoms. The molecule has 252 valence electrons. The summed E-state index contributed by atoms with van der Waals surface area (Å²) < 4.78 is 15.7. The first-order chi connectivity index (χ1) is 26.1. The van der Waals surface area contributed by atoms with E-state index < -0.39 is 0 Å². The van der Waals surface area contributed by atoms with Crippen molar-refractivity contribution in [3.63, 3.8) is 0 Å². The van der Waals surface area contributed by atoms with Gasteiger partial charge in [0.15, 0.2) is 0 Å². The van der Waals surface area contributed by atoms with Gasteiger partial charge in [-0.2, -0.15) is 10.5 Å². The van der Waals surface area contributed by atoms with Gasteiger partial charge < -0.3 is 14.4 Å². The molecule has 0 aliphatic rings. The second-order valence-corrected chi connectivity index (χ2v) is 12.7. The van der Waals surface area contributed by atoms with Gasteiger partial charge in [0, 0.05) is 45.1 Å². The van der Waals surface area contributed by atoms with Gasteiger partial charge in [-0.1, -0.05) is 36.4 Å². The molecule has 9 aromatic rings. The molecule has 0 saturated carbocycles. The van der Waals surface area contributed by atoms with Crippen molar-refractivity contribution in [2.75, 3.05) is 19.1 Å². The van der Waals surface area contributed by atoms with Crippen LogP contribution in [-0.2, 0) is 0 Å². The zero-order valence-electron chi connectivity index (χ0n) is 28.9. The Morgan fingerprint density at radius 1 is 0.472 bits per heavy atom. The second kappa shape index (κ2) is 12.6. The van der Waals surface area contributed by atoms with Gasteiger partial charge in [0.1, 0.15) is 23.1 Å². The van der Waals surface area contributed by atoms with Crippen LogP contribution in [0.25, 0.3) is 55.2 Å². The zero-order valence-corrected chi connectivity index (χ0v) is 28.9. The minimum Gasteiger partial charge on any atom is -0.497 e. The average molecular weight is 687 g/mol. The Hall–Kier alpha value is -7.55. The Morgan fingerprint density at radius 3 is 1.30 bits per heavy atom. The summed E-state index contributed by atoms with van der Waals surface area (Å²) in [5, 5.41) is 23.5. The lowest BCUT2D eigenvalue weighted by molar-refractivity contribution is 0.415. The molecule has 0 saturated heterocycles. The maximum absolute atomic E-state index is 9.63. The van der Waals surface area contributed by atoms with Gasteiger partial charge in [-0.25, -0.2) is 4.98 Å². The van der Waals surface area contributed by atoms with Crippen LogP contribution in [0.4, 0.5) is 17.1 Å². The minimum absolute atomic E-state index is 0.561. The molecule has 0 unspecified atom stereocenters. The van der Waals surface area contributed by atoms with E-state index in [1.165, 1.54) is 0 Å². The SMILES string of the molecule is COc1ccc2c(c1)c1cc(OC)ccc1n2-c1cc(N(c2ccc(C#N)cc2)c2ccc(C#N)cc2)cc(-n2c3ccccc3c3ccccc32)n1. The molecule has 8 nitrogen and oxygen atoms in total. The normalized spacial score (nSPS) is 11.2. The zero-order chi connectivity index (χ0) is 36.1. The van der Waals surface area contributed by atoms with Crippen molar-refractivity contribution >= 4 is 60.7 Å². The lowest BCUT2D eigenvalue weighted by Gasteiger charge is -2.27. The summed E-state index contributed by atoms with van der Waals surface area (Å²) >= 11 is 0. The Balaban J connectivity index is 1.40. The predicted octanol–water partition coefficient (Wildman–Crippen LogP) is 10.5. The molecule has 8 heteroatoms. The number of pyridine rings is 1. The number of hydrogen-bond acceptors (Lipinski definition) is 6. The summed E-state index contributed by atoms with van der Waals surface area (Å²) in [7, 11) is 3.34. The molecule has 6 aromatic carbocycles. The van der Waals surface area contributed by atoms with E-state index in [4.69, 9.17) is 14.5 Å². The first-order valence-electron chi connectivity index (χ1n) is 17.1. The summed E-state index contributed by atoms with van der Waals surface area (Å²) in [6.45, 7) is 0. The second-order valence-electron chi connectivity index (χ2n) is 12.7. The Morgan fingerprint density at radius 2 is 0.887 bits per heavy atom. The molecule has 9 rings (SSSR count). The highest BCUT2D eigenvalue weighted by Crippen LogP contribution is 2.41. The number of ether oxygens (including phenoxy) is 2. The monoisotopic (exact) mass is 686 g/mol. The number of nitriles is 2. The van der Waals surface area contributed by atoms with E-state index in [2.05, 4.69) is 99.0 Å². The molecule has 3 heterocycles. The van der Waals surface area contributed by atoms with E-state index in [1.807, 2.05) is 72.8 Å². The van der Waals surface area contributed by atoms with Gasteiger partial charge in [-0.15, -0.1) is 0 Å². The molecular formula is C45H30N6O2. The summed E-state index contributed by atoms with van der Waals surface area (Å²) in [5.74, 6) is 2.92. The summed E-state index contributed by atoms with van der Waals surface area (Å²) in [6, 6.07) is 52.6. The molecule has 53 heavy (non-hydrogen) atoms. The molecule has 0 spiro atoms. The van der Waals surface area contributed by atoms with Crippen LogP contribution in [0.5, 0.6) is 11.5 Å². The van der Waals surface area contributed by atoms with E-state index in [1.54, 1.807) is 14.2 Å². The van der Waals surface area contributed by atoms with Gasteiger partial charge in [-0.3, -0.25) is 9.13 Å². The smallest absolute Gasteiger partial charge is 0.142 e. The van der Waals surface area contributed by atoms with Crippen LogP contribution in [0.2, 0.25) is 0 Å². The van der Waals surface area contributed by atoms with Crippen molar-refractivity contribution in [1.82, 2.24) is 14.1 Å². The van der Waals surface area contributed by atoms with Crippen molar-refractivity contribution in [1.29, 1.82) is 10.5 Å². The molecule has 0 radical (unpaired) electrons. The van der Waals surface area contributed by atoms with E-state index in [9.17, 15) is 10.5 Å². The third kappa shape index (κ3) is 5.17. The van der Waals surface area contributed by atoms with Crippen LogP contribution in [0.3, 0.4) is 0 Å². The third-order valence-corrected chi connectivity index (χ3v) is 9.77. The quantitative estimate of drug-likeness (QED) is 0.166. The van der Waals surface area contributed by atoms with E-state index in [-0.39, 0.29) is 0 Å². The number of aromatic nitrogens is 3. The summed E-state index contributed by atoms with van der Waals surface area (Å²) in [6.07, 6.45) is 0. The fraction of sp³-hybridized carbons (Fsp3) is 0.0444. The molecule has 0 fully saturated rings. The molecule has 0 N–H and O–H groups in total. The summed E-state index contributed by atoms with van der Waals surface area (Å²) in [4.78, 5) is 7.61. The highest BCUT2D eigenvalue weighted by molar-refractivity contribution is 6.11. The number of methoxy groups -OCH3 is 2. The Labute approximate surface area is 305 Å². The molecule has 0 atom stereocenters. The standard InChI is InChI=1S/C45H30N6O2/c1-52-34-19-21-42-38(25-34)39-26-35(53-2)20-22-43(39)51(42)45-24-33(49(31-15-11-29(27-46)12-16-31)32-17-13-30(28-47)14-18-32)23-44(48-45)50-40-9-5-3-7-36(40)37-8-4-6-10-41(37)50/h3-26H,1-2H3. The number of fused-ring (bicyclic) bond motifs is 6. The van der Waals surface area contributed by atoms with Gasteiger partial charge in [0.2, 0.25) is 0 Å². The third-order valence-electron chi connectivity index (χ3n) is 9.77. The highest BCUT2D eigenvalue weighted by atomic mass is 16.5. The first-order valence-corrected chi connectivity index (χ1v) is 17.1. The summed E-state index contributed by atoms with van der Waals surface area (Å²) in [5.41, 5.74) is 7.61. The number of rotatable bonds is 7. The van der Waals surface area contributed by atoms with Gasteiger partial charge in [0.25, 0.3) is 0 Å². The van der Waals surface area contributed by atoms with Gasteiger partial charge >= 0.3 is 0 Å². The maximum atomic E-state index is 9.63. The lowest BCUT2D eigenvalue weighted by atomic mass is 10.1. The van der Waals surface area contributed by atoms with Crippen LogP contribution in [0.1, 0.15) is 11.1 Å². The number of hydrogen-bond donors (Lipinski definition) is 0. The van der Waals surface area contributed by atoms with E-state index in [0.717, 1.165) is 78.0 Å². The van der Waals surface area contributed by atoms with Crippen LogP contribution in [-0.4, -0.2) is 28.3 Å². The topological polar surface area (TPSA) is 92.0 Å². The maximum Gasteiger partial charge on any atom is 0.142 e. The fourth-order valence-corrected chi connectivity index (χ4v) is 7.32. The van der Waals surface area contributed by atoms with Crippen LogP contribution in [0.15, 0.2) is 146 Å². The van der Waals surface area contributed by atoms with Crippen molar-refractivity contribution < 1.29 is 9.47 Å². The fourth-order valence-electron chi connectivity index (χ4n) is 7.32. The number of para-hydroxylation sites is 2. The van der Waals surface area contributed by atoms with Crippen LogP contribution >= 0.6 is 0 Å². The van der Waals surface area contributed by atoms with Crippen LogP contribution in [0, 0.1) is 22.7 Å². The average Bonchev–Trinajstić information content (AvgIpc) is 3.73. The van der Waals surface area contributed by atoms with E-state index >= 15 is 0 Å². The number of nitrogens with zero attached hydrogens (tertiary/aromatic N) is 6. The highest BCUT2D eigenvalue weighted by Gasteiger charge is 2.22. The molecule has 0 aliphatic carbocycles. The minimum atomic E-state index is 0.561. The lowest BCUT2D eigenvalue weighted by Crippen LogP contribution is -2.13. The van der Waals surface area contributed by atoms with E-state index in [0.29, 0.717) is 16.9 Å².